The van der Waals surface area contributed by atoms with E-state index in [0.717, 1.165) is 6.42 Å². The lowest BCUT2D eigenvalue weighted by molar-refractivity contribution is -0.120. The predicted molar refractivity (Wildman–Crippen MR) is 61.6 cm³/mol. The molecule has 0 fully saturated rings. The van der Waals surface area contributed by atoms with Gasteiger partial charge in [0.05, 0.1) is 6.61 Å². The standard InChI is InChI=1S/C11H24N2O2/c1-4-12-11(15)5-6-13-10(8-14)7-9(2)3/h9-10,13-14H,4-8H2,1-3H3,(H,12,15). The lowest BCUT2D eigenvalue weighted by atomic mass is 10.0. The third-order valence-electron chi connectivity index (χ3n) is 2.14. The molecule has 0 rings (SSSR count). The molecule has 4 nitrogen and oxygen atoms in total. The van der Waals surface area contributed by atoms with Crippen LogP contribution in [0.3, 0.4) is 0 Å². The summed E-state index contributed by atoms with van der Waals surface area (Å²) in [4.78, 5) is 11.1. The predicted octanol–water partition coefficient (Wildman–Crippen LogP) is 0.509. The summed E-state index contributed by atoms with van der Waals surface area (Å²) in [7, 11) is 0. The first-order valence-electron chi connectivity index (χ1n) is 5.71. The fourth-order valence-electron chi connectivity index (χ4n) is 1.47. The van der Waals surface area contributed by atoms with E-state index in [1.54, 1.807) is 0 Å². The van der Waals surface area contributed by atoms with Crippen LogP contribution in [0.1, 0.15) is 33.6 Å². The van der Waals surface area contributed by atoms with E-state index in [9.17, 15) is 4.79 Å². The Labute approximate surface area is 92.4 Å². The van der Waals surface area contributed by atoms with Crippen LogP contribution in [0, 0.1) is 5.92 Å². The molecule has 0 aliphatic heterocycles. The van der Waals surface area contributed by atoms with Gasteiger partial charge in [0, 0.05) is 25.6 Å². The van der Waals surface area contributed by atoms with Crippen LogP contribution in [0.15, 0.2) is 0 Å². The minimum Gasteiger partial charge on any atom is -0.395 e. The van der Waals surface area contributed by atoms with Gasteiger partial charge in [-0.05, 0) is 19.3 Å². The second-order valence-electron chi connectivity index (χ2n) is 4.17. The SMILES string of the molecule is CCNC(=O)CCNC(CO)CC(C)C. The molecule has 1 unspecified atom stereocenters. The van der Waals surface area contributed by atoms with Gasteiger partial charge < -0.3 is 15.7 Å². The minimum atomic E-state index is 0.0613. The Morgan fingerprint density at radius 1 is 1.40 bits per heavy atom. The Morgan fingerprint density at radius 3 is 2.53 bits per heavy atom. The maximum absolute atomic E-state index is 11.1. The van der Waals surface area contributed by atoms with Crippen LogP contribution in [0.4, 0.5) is 0 Å². The Hall–Kier alpha value is -0.610. The monoisotopic (exact) mass is 216 g/mol. The molecule has 0 aliphatic carbocycles. The maximum atomic E-state index is 11.1. The number of nitrogens with one attached hydrogen (secondary N) is 2. The Balaban J connectivity index is 3.58. The van der Waals surface area contributed by atoms with Gasteiger partial charge in [0.2, 0.25) is 5.91 Å². The molecular formula is C11H24N2O2. The summed E-state index contributed by atoms with van der Waals surface area (Å²) in [5.41, 5.74) is 0. The average Bonchev–Trinajstić information content (AvgIpc) is 2.16. The molecule has 90 valence electrons. The minimum absolute atomic E-state index is 0.0613. The zero-order chi connectivity index (χ0) is 11.7. The number of carbonyl (C=O) groups is 1. The molecule has 3 N–H and O–H groups in total. The molecule has 0 aliphatic rings. The van der Waals surface area contributed by atoms with Crippen molar-refractivity contribution in [2.24, 2.45) is 5.92 Å². The van der Waals surface area contributed by atoms with Crippen LogP contribution >= 0.6 is 0 Å². The molecule has 15 heavy (non-hydrogen) atoms. The van der Waals surface area contributed by atoms with Crippen molar-refractivity contribution in [1.82, 2.24) is 10.6 Å². The van der Waals surface area contributed by atoms with Crippen molar-refractivity contribution >= 4 is 5.91 Å². The second-order valence-corrected chi connectivity index (χ2v) is 4.17. The number of hydrogen-bond acceptors (Lipinski definition) is 3. The van der Waals surface area contributed by atoms with Crippen molar-refractivity contribution < 1.29 is 9.90 Å². The van der Waals surface area contributed by atoms with Crippen LogP contribution in [-0.2, 0) is 4.79 Å². The zero-order valence-corrected chi connectivity index (χ0v) is 10.0. The Morgan fingerprint density at radius 2 is 2.07 bits per heavy atom. The molecular weight excluding hydrogens is 192 g/mol. The van der Waals surface area contributed by atoms with Gasteiger partial charge in [-0.3, -0.25) is 4.79 Å². The molecule has 0 aromatic heterocycles. The summed E-state index contributed by atoms with van der Waals surface area (Å²) < 4.78 is 0. The molecule has 0 aromatic carbocycles. The highest BCUT2D eigenvalue weighted by Gasteiger charge is 2.09. The quantitative estimate of drug-likeness (QED) is 0.554. The summed E-state index contributed by atoms with van der Waals surface area (Å²) in [6.07, 6.45) is 1.41. The molecule has 0 radical (unpaired) electrons. The first-order valence-corrected chi connectivity index (χ1v) is 5.71. The van der Waals surface area contributed by atoms with E-state index in [1.807, 2.05) is 6.92 Å². The fourth-order valence-corrected chi connectivity index (χ4v) is 1.47. The summed E-state index contributed by atoms with van der Waals surface area (Å²) >= 11 is 0. The lowest BCUT2D eigenvalue weighted by Crippen LogP contribution is -2.36. The lowest BCUT2D eigenvalue weighted by Gasteiger charge is -2.17. The van der Waals surface area contributed by atoms with Gasteiger partial charge in [-0.1, -0.05) is 13.8 Å². The van der Waals surface area contributed by atoms with Crippen molar-refractivity contribution in [3.05, 3.63) is 0 Å². The fraction of sp³-hybridized carbons (Fsp3) is 0.909. The van der Waals surface area contributed by atoms with Crippen LogP contribution < -0.4 is 10.6 Å². The highest BCUT2D eigenvalue weighted by molar-refractivity contribution is 5.75. The van der Waals surface area contributed by atoms with Gasteiger partial charge in [0.15, 0.2) is 0 Å². The first-order chi connectivity index (χ1) is 7.10. The third kappa shape index (κ3) is 8.39. The Kier molecular flexibility index (Phi) is 8.33. The number of amides is 1. The highest BCUT2D eigenvalue weighted by atomic mass is 16.3. The van der Waals surface area contributed by atoms with Crippen molar-refractivity contribution in [2.45, 2.75) is 39.7 Å². The van der Waals surface area contributed by atoms with Gasteiger partial charge in [0.25, 0.3) is 0 Å². The van der Waals surface area contributed by atoms with E-state index in [1.165, 1.54) is 0 Å². The summed E-state index contributed by atoms with van der Waals surface area (Å²) in [6.45, 7) is 7.58. The number of carbonyl (C=O) groups excluding carboxylic acids is 1. The number of aliphatic hydroxyl groups is 1. The van der Waals surface area contributed by atoms with Gasteiger partial charge in [-0.25, -0.2) is 0 Å². The Bertz CT molecular complexity index is 172. The van der Waals surface area contributed by atoms with Crippen molar-refractivity contribution in [2.75, 3.05) is 19.7 Å². The van der Waals surface area contributed by atoms with Crippen molar-refractivity contribution in [3.8, 4) is 0 Å². The largest absolute Gasteiger partial charge is 0.395 e. The molecule has 1 amide bonds. The number of rotatable bonds is 8. The number of hydrogen-bond donors (Lipinski definition) is 3. The van der Waals surface area contributed by atoms with E-state index in [0.29, 0.717) is 25.4 Å². The van der Waals surface area contributed by atoms with Crippen LogP contribution in [-0.4, -0.2) is 36.8 Å². The van der Waals surface area contributed by atoms with Crippen LogP contribution in [0.2, 0.25) is 0 Å². The van der Waals surface area contributed by atoms with E-state index in [2.05, 4.69) is 24.5 Å². The summed E-state index contributed by atoms with van der Waals surface area (Å²) in [5, 5.41) is 15.0. The van der Waals surface area contributed by atoms with Crippen LogP contribution in [0.5, 0.6) is 0 Å². The molecule has 0 spiro atoms. The van der Waals surface area contributed by atoms with Gasteiger partial charge in [-0.15, -0.1) is 0 Å². The van der Waals surface area contributed by atoms with E-state index in [-0.39, 0.29) is 18.6 Å². The molecule has 4 heteroatoms. The molecule has 1 atom stereocenters. The highest BCUT2D eigenvalue weighted by Crippen LogP contribution is 2.03. The average molecular weight is 216 g/mol. The number of aliphatic hydroxyl groups excluding tert-OH is 1. The maximum Gasteiger partial charge on any atom is 0.221 e. The topological polar surface area (TPSA) is 61.4 Å². The van der Waals surface area contributed by atoms with Gasteiger partial charge >= 0.3 is 0 Å². The smallest absolute Gasteiger partial charge is 0.221 e. The van der Waals surface area contributed by atoms with E-state index in [4.69, 9.17) is 5.11 Å². The van der Waals surface area contributed by atoms with E-state index < -0.39 is 0 Å². The molecule has 0 bridgehead atoms. The summed E-state index contributed by atoms with van der Waals surface area (Å²) in [5.74, 6) is 0.616. The second kappa shape index (κ2) is 8.68. The summed E-state index contributed by atoms with van der Waals surface area (Å²) in [6, 6.07) is 0.111. The van der Waals surface area contributed by atoms with Crippen molar-refractivity contribution in [3.63, 3.8) is 0 Å². The molecule has 0 heterocycles. The van der Waals surface area contributed by atoms with Crippen molar-refractivity contribution in [1.29, 1.82) is 0 Å². The van der Waals surface area contributed by atoms with E-state index >= 15 is 0 Å². The zero-order valence-electron chi connectivity index (χ0n) is 10.0. The first kappa shape index (κ1) is 14.4. The molecule has 0 saturated carbocycles. The molecule has 0 saturated heterocycles. The third-order valence-corrected chi connectivity index (χ3v) is 2.14. The normalized spacial score (nSPS) is 12.9. The van der Waals surface area contributed by atoms with Crippen LogP contribution in [0.25, 0.3) is 0 Å². The van der Waals surface area contributed by atoms with Gasteiger partial charge in [0.1, 0.15) is 0 Å². The van der Waals surface area contributed by atoms with Gasteiger partial charge in [-0.2, -0.15) is 0 Å². The molecule has 0 aromatic rings.